The van der Waals surface area contributed by atoms with Crippen molar-refractivity contribution in [3.8, 4) is 16.9 Å². The second-order valence-corrected chi connectivity index (χ2v) is 17.3. The first-order chi connectivity index (χ1) is 28.6. The number of carbonyl (C=O) groups is 3. The van der Waals surface area contributed by atoms with Gasteiger partial charge in [0.15, 0.2) is 0 Å². The van der Waals surface area contributed by atoms with Gasteiger partial charge in [-0.1, -0.05) is 29.3 Å². The lowest BCUT2D eigenvalue weighted by molar-refractivity contribution is -0.119. The maximum atomic E-state index is 15.5. The van der Waals surface area contributed by atoms with Gasteiger partial charge in [0, 0.05) is 78.2 Å². The van der Waals surface area contributed by atoms with Gasteiger partial charge < -0.3 is 28.8 Å². The molecule has 1 saturated heterocycles. The Hall–Kier alpha value is -5.30. The number of aryl methyl sites for hydroxylation is 6. The number of benzene rings is 3. The molecule has 12 nitrogen and oxygen atoms in total. The number of carboxylic acids is 1. The molecule has 3 aromatic heterocycles. The van der Waals surface area contributed by atoms with Crippen LogP contribution >= 0.6 is 23.2 Å². The summed E-state index contributed by atoms with van der Waals surface area (Å²) in [6.07, 6.45) is 4.82. The standard InChI is InChI=1S/C46H51Cl2N7O5/c1-25-18-31(19-26(2)41(25)48)60-17-11-12-32-33-13-14-36(47)40(39-28(4)49-52(8)29(39)5)43(33)55-27(3)22-54(45(57)44(32)55)37-21-30(51(7)38(56)24-53-15-9-10-16-53)20-34-35(46(58)59)23-50(6)42(34)37/h13-14,18-21,23,27H,9-12,15-17,22,24H2,1-8H3,(H,58,59)/t27-/m1/s1. The Morgan fingerprint density at radius 3 is 2.32 bits per heavy atom. The summed E-state index contributed by atoms with van der Waals surface area (Å²) in [6.45, 7) is 12.7. The molecule has 5 heterocycles. The molecule has 3 aromatic carbocycles. The zero-order valence-electron chi connectivity index (χ0n) is 35.4. The van der Waals surface area contributed by atoms with Gasteiger partial charge in [-0.05, 0) is 120 Å². The van der Waals surface area contributed by atoms with Crippen LogP contribution in [0.3, 0.4) is 0 Å². The number of amides is 2. The van der Waals surface area contributed by atoms with E-state index in [4.69, 9.17) is 33.0 Å². The Morgan fingerprint density at radius 2 is 1.67 bits per heavy atom. The molecule has 6 aromatic rings. The van der Waals surface area contributed by atoms with Gasteiger partial charge in [0.1, 0.15) is 11.4 Å². The highest BCUT2D eigenvalue weighted by Gasteiger charge is 2.38. The third-order valence-corrected chi connectivity index (χ3v) is 13.4. The van der Waals surface area contributed by atoms with E-state index in [-0.39, 0.29) is 36.5 Å². The van der Waals surface area contributed by atoms with Crippen LogP contribution in [-0.2, 0) is 25.3 Å². The number of anilines is 2. The summed E-state index contributed by atoms with van der Waals surface area (Å²) in [5.74, 6) is -0.686. The number of hydrogen-bond donors (Lipinski definition) is 1. The number of carbonyl (C=O) groups excluding carboxylic acids is 2. The van der Waals surface area contributed by atoms with Crippen LogP contribution in [0.2, 0.25) is 10.0 Å². The monoisotopic (exact) mass is 851 g/mol. The van der Waals surface area contributed by atoms with E-state index in [1.807, 2.05) is 69.8 Å². The molecule has 2 aliphatic heterocycles. The Balaban J connectivity index is 1.27. The zero-order chi connectivity index (χ0) is 42.9. The van der Waals surface area contributed by atoms with Gasteiger partial charge in [-0.3, -0.25) is 19.2 Å². The lowest BCUT2D eigenvalue weighted by Gasteiger charge is -2.35. The molecule has 0 spiro atoms. The molecule has 0 aliphatic carbocycles. The summed E-state index contributed by atoms with van der Waals surface area (Å²) in [5.41, 5.74) is 9.46. The Bertz CT molecular complexity index is 2720. The van der Waals surface area contributed by atoms with Crippen LogP contribution < -0.4 is 14.5 Å². The van der Waals surface area contributed by atoms with Crippen molar-refractivity contribution in [3.05, 3.63) is 92.0 Å². The molecular weight excluding hydrogens is 801 g/mol. The van der Waals surface area contributed by atoms with Gasteiger partial charge in [-0.15, -0.1) is 0 Å². The van der Waals surface area contributed by atoms with Gasteiger partial charge in [0.2, 0.25) is 5.91 Å². The van der Waals surface area contributed by atoms with E-state index in [0.717, 1.165) is 86.8 Å². The van der Waals surface area contributed by atoms with Crippen LogP contribution in [0.25, 0.3) is 32.9 Å². The number of nitrogens with zero attached hydrogens (tertiary/aromatic N) is 7. The normalized spacial score (nSPS) is 15.7. The van der Waals surface area contributed by atoms with Gasteiger partial charge in [-0.2, -0.15) is 5.10 Å². The molecule has 1 fully saturated rings. The number of likely N-dealkylation sites (tertiary alicyclic amines) is 1. The van der Waals surface area contributed by atoms with E-state index >= 15 is 4.79 Å². The number of carboxylic acid groups (broad SMARTS) is 1. The Kier molecular flexibility index (Phi) is 11.0. The van der Waals surface area contributed by atoms with Crippen LogP contribution in [-0.4, -0.2) is 86.5 Å². The summed E-state index contributed by atoms with van der Waals surface area (Å²) in [6, 6.07) is 11.2. The molecule has 1 N–H and O–H groups in total. The minimum Gasteiger partial charge on any atom is -0.494 e. The quantitative estimate of drug-likeness (QED) is 0.129. The van der Waals surface area contributed by atoms with E-state index in [1.165, 1.54) is 0 Å². The molecule has 2 amide bonds. The SMILES string of the molecule is Cc1cc(OCCCc2c3n(c4c(-c5c(C)nn(C)c5C)c(Cl)ccc24)[C@H](C)CN(c2cc(N(C)C(=O)CN4CCCC4)cc4c(C(=O)O)cn(C)c24)C3=O)cc(C)c1Cl. The minimum atomic E-state index is -1.09. The smallest absolute Gasteiger partial charge is 0.337 e. The van der Waals surface area contributed by atoms with E-state index in [1.54, 1.807) is 40.7 Å². The topological polar surface area (TPSA) is 118 Å². The summed E-state index contributed by atoms with van der Waals surface area (Å²) < 4.78 is 12.0. The molecule has 0 unspecified atom stereocenters. The van der Waals surface area contributed by atoms with Crippen LogP contribution in [0.15, 0.2) is 42.6 Å². The Labute approximate surface area is 359 Å². The number of halogens is 2. The van der Waals surface area contributed by atoms with Crippen LogP contribution in [0, 0.1) is 27.7 Å². The third kappa shape index (κ3) is 7.02. The van der Waals surface area contributed by atoms with Crippen LogP contribution in [0.1, 0.15) is 81.2 Å². The van der Waals surface area contributed by atoms with Crippen molar-refractivity contribution < 1.29 is 24.2 Å². The highest BCUT2D eigenvalue weighted by molar-refractivity contribution is 6.35. The zero-order valence-corrected chi connectivity index (χ0v) is 37.0. The Morgan fingerprint density at radius 1 is 0.967 bits per heavy atom. The number of aromatic carboxylic acids is 1. The van der Waals surface area contributed by atoms with Crippen molar-refractivity contribution in [1.29, 1.82) is 0 Å². The fourth-order valence-electron chi connectivity index (χ4n) is 9.40. The molecule has 14 heteroatoms. The molecule has 0 saturated carbocycles. The number of rotatable bonds is 11. The van der Waals surface area contributed by atoms with Crippen molar-refractivity contribution in [2.24, 2.45) is 14.1 Å². The highest BCUT2D eigenvalue weighted by Crippen LogP contribution is 2.46. The number of likely N-dealkylation sites (N-methyl/N-ethyl adjacent to an activating group) is 1. The van der Waals surface area contributed by atoms with Gasteiger partial charge >= 0.3 is 5.97 Å². The number of fused-ring (bicyclic) bond motifs is 4. The lowest BCUT2D eigenvalue weighted by atomic mass is 9.98. The maximum Gasteiger partial charge on any atom is 0.337 e. The molecule has 1 atom stereocenters. The number of aromatic nitrogens is 4. The molecule has 2 aliphatic rings. The first kappa shape index (κ1) is 41.4. The second kappa shape index (κ2) is 15.9. The van der Waals surface area contributed by atoms with E-state index < -0.39 is 5.97 Å². The average molecular weight is 853 g/mol. The van der Waals surface area contributed by atoms with Crippen molar-refractivity contribution in [2.45, 2.75) is 66.3 Å². The van der Waals surface area contributed by atoms with Crippen LogP contribution in [0.4, 0.5) is 11.4 Å². The van der Waals surface area contributed by atoms with E-state index in [0.29, 0.717) is 52.4 Å². The van der Waals surface area contributed by atoms with E-state index in [2.05, 4.69) is 16.4 Å². The fourth-order valence-corrected chi connectivity index (χ4v) is 9.75. The second-order valence-electron chi connectivity index (χ2n) is 16.5. The molecular formula is C46H51Cl2N7O5. The van der Waals surface area contributed by atoms with Crippen LogP contribution in [0.5, 0.6) is 5.75 Å². The molecule has 60 heavy (non-hydrogen) atoms. The first-order valence-electron chi connectivity index (χ1n) is 20.5. The van der Waals surface area contributed by atoms with Gasteiger partial charge in [0.05, 0.1) is 46.2 Å². The summed E-state index contributed by atoms with van der Waals surface area (Å²) in [7, 11) is 5.42. The summed E-state index contributed by atoms with van der Waals surface area (Å²) in [4.78, 5) is 47.4. The van der Waals surface area contributed by atoms with Gasteiger partial charge in [0.25, 0.3) is 5.91 Å². The fraction of sp³-hybridized carbons (Fsp3) is 0.391. The molecule has 8 rings (SSSR count). The third-order valence-electron chi connectivity index (χ3n) is 12.4. The predicted molar refractivity (Wildman–Crippen MR) is 239 cm³/mol. The number of ether oxygens (including phenoxy) is 1. The summed E-state index contributed by atoms with van der Waals surface area (Å²) >= 11 is 13.6. The molecule has 0 radical (unpaired) electrons. The first-order valence-corrected chi connectivity index (χ1v) is 21.2. The molecule has 314 valence electrons. The minimum absolute atomic E-state index is 0.0934. The average Bonchev–Trinajstić information content (AvgIpc) is 3.98. The maximum absolute atomic E-state index is 15.5. The van der Waals surface area contributed by atoms with Crippen molar-refractivity contribution >= 4 is 74.2 Å². The largest absolute Gasteiger partial charge is 0.494 e. The van der Waals surface area contributed by atoms with E-state index in [9.17, 15) is 14.7 Å². The number of hydrogen-bond acceptors (Lipinski definition) is 6. The highest BCUT2D eigenvalue weighted by atomic mass is 35.5. The van der Waals surface area contributed by atoms with Gasteiger partial charge in [-0.25, -0.2) is 4.79 Å². The predicted octanol–water partition coefficient (Wildman–Crippen LogP) is 9.06. The van der Waals surface area contributed by atoms with Crippen molar-refractivity contribution in [3.63, 3.8) is 0 Å². The molecule has 0 bridgehead atoms. The van der Waals surface area contributed by atoms with Crippen molar-refractivity contribution in [1.82, 2.24) is 23.8 Å². The summed E-state index contributed by atoms with van der Waals surface area (Å²) in [5, 5.41) is 17.7. The lowest BCUT2D eigenvalue weighted by Crippen LogP contribution is -2.43. The van der Waals surface area contributed by atoms with Crippen molar-refractivity contribution in [2.75, 3.05) is 49.6 Å².